The zero-order chi connectivity index (χ0) is 16.9. The first-order valence-electron chi connectivity index (χ1n) is 8.17. The fraction of sp³-hybridized carbons (Fsp3) is 0.500. The molecule has 23 heavy (non-hydrogen) atoms. The summed E-state index contributed by atoms with van der Waals surface area (Å²) >= 11 is 0. The molecule has 1 aliphatic rings. The molecule has 5 nitrogen and oxygen atoms in total. The Kier molecular flexibility index (Phi) is 5.66. The number of amides is 3. The van der Waals surface area contributed by atoms with Gasteiger partial charge in [-0.05, 0) is 19.4 Å². The van der Waals surface area contributed by atoms with Crippen LogP contribution < -0.4 is 5.32 Å². The molecule has 0 spiro atoms. The van der Waals surface area contributed by atoms with E-state index in [2.05, 4.69) is 5.32 Å². The second-order valence-corrected chi connectivity index (χ2v) is 6.41. The molecule has 2 atom stereocenters. The van der Waals surface area contributed by atoms with E-state index >= 15 is 0 Å². The fourth-order valence-corrected chi connectivity index (χ4v) is 3.11. The van der Waals surface area contributed by atoms with Gasteiger partial charge < -0.3 is 5.32 Å². The van der Waals surface area contributed by atoms with Gasteiger partial charge in [0.15, 0.2) is 0 Å². The largest absolute Gasteiger partial charge is 0.352 e. The Bertz CT molecular complexity index is 582. The average Bonchev–Trinajstić information content (AvgIpc) is 2.94. The molecule has 5 heteroatoms. The molecule has 1 aromatic carbocycles. The van der Waals surface area contributed by atoms with Crippen LogP contribution in [0.25, 0.3) is 0 Å². The topological polar surface area (TPSA) is 63.2 Å². The van der Waals surface area contributed by atoms with Gasteiger partial charge in [0.25, 0.3) is 0 Å². The molecule has 1 aliphatic heterocycles. The van der Waals surface area contributed by atoms with Crippen LogP contribution in [-0.4, -0.2) is 35.3 Å². The number of likely N-dealkylation sites (tertiary alicyclic amines) is 1. The highest BCUT2D eigenvalue weighted by molar-refractivity contribution is 5.83. The van der Waals surface area contributed by atoms with Crippen molar-refractivity contribution in [3.63, 3.8) is 0 Å². The van der Waals surface area contributed by atoms with Crippen molar-refractivity contribution in [1.29, 1.82) is 0 Å². The maximum atomic E-state index is 12.4. The third-order valence-electron chi connectivity index (χ3n) is 4.77. The second-order valence-electron chi connectivity index (χ2n) is 6.41. The Balaban J connectivity index is 1.80. The van der Waals surface area contributed by atoms with Crippen molar-refractivity contribution in [2.75, 3.05) is 6.54 Å². The second kappa shape index (κ2) is 7.51. The number of nitrogens with zero attached hydrogens (tertiary/aromatic N) is 1. The van der Waals surface area contributed by atoms with Crippen molar-refractivity contribution < 1.29 is 18.9 Å². The monoisotopic (exact) mass is 317 g/mol. The summed E-state index contributed by atoms with van der Waals surface area (Å²) in [6.45, 7) is 4.96. The predicted octanol–water partition coefficient (Wildman–Crippen LogP) is 2.07. The van der Waals surface area contributed by atoms with Crippen molar-refractivity contribution in [3.05, 3.63) is 35.4 Å². The summed E-state index contributed by atoms with van der Waals surface area (Å²) in [5.74, 6) is -0.301. The van der Waals surface area contributed by atoms with Crippen LogP contribution in [0.5, 0.6) is 0 Å². The van der Waals surface area contributed by atoms with E-state index in [0.717, 1.165) is 24.8 Å². The Morgan fingerprint density at radius 2 is 1.96 bits per heavy atom. The lowest BCUT2D eigenvalue weighted by molar-refractivity contribution is -0.780. The van der Waals surface area contributed by atoms with Crippen LogP contribution in [0.3, 0.4) is 0 Å². The molecule has 1 unspecified atom stereocenters. The van der Waals surface area contributed by atoms with Crippen LogP contribution in [0, 0.1) is 6.92 Å². The zero-order valence-electron chi connectivity index (χ0n) is 13.9. The van der Waals surface area contributed by atoms with Crippen molar-refractivity contribution in [1.82, 2.24) is 5.32 Å². The molecule has 1 saturated heterocycles. The Labute approximate surface area is 137 Å². The minimum atomic E-state index is -0.158. The Hall–Kier alpha value is -2.01. The maximum Gasteiger partial charge on any atom is 0.321 e. The lowest BCUT2D eigenvalue weighted by Gasteiger charge is -2.28. The van der Waals surface area contributed by atoms with Gasteiger partial charge in [0.2, 0.25) is 5.91 Å². The minimum absolute atomic E-state index is 0.0237. The predicted molar refractivity (Wildman–Crippen MR) is 87.2 cm³/mol. The van der Waals surface area contributed by atoms with E-state index in [0.29, 0.717) is 13.1 Å². The molecular formula is C18H25N2O3+. The normalized spacial score (nSPS) is 23.5. The van der Waals surface area contributed by atoms with Gasteiger partial charge in [-0.1, -0.05) is 29.8 Å². The van der Waals surface area contributed by atoms with Crippen LogP contribution in [0.2, 0.25) is 0 Å². The minimum Gasteiger partial charge on any atom is -0.352 e. The smallest absolute Gasteiger partial charge is 0.321 e. The summed E-state index contributed by atoms with van der Waals surface area (Å²) in [7, 11) is 0. The summed E-state index contributed by atoms with van der Waals surface area (Å²) < 4.78 is -0.120. The number of aryl methyl sites for hydroxylation is 1. The van der Waals surface area contributed by atoms with Crippen LogP contribution in [0.4, 0.5) is 0 Å². The van der Waals surface area contributed by atoms with Crippen molar-refractivity contribution in [2.45, 2.75) is 52.1 Å². The molecule has 1 N–H and O–H groups in total. The lowest BCUT2D eigenvalue weighted by Crippen LogP contribution is -2.54. The Morgan fingerprint density at radius 3 is 2.52 bits per heavy atom. The Morgan fingerprint density at radius 1 is 1.26 bits per heavy atom. The van der Waals surface area contributed by atoms with Gasteiger partial charge in [-0.2, -0.15) is 4.48 Å². The maximum absolute atomic E-state index is 12.4. The number of carbonyl (C=O) groups is 3. The number of hydrogen-bond acceptors (Lipinski definition) is 3. The molecule has 1 fully saturated rings. The number of imide groups is 1. The SMILES string of the molecule is Cc1ccc(CNC(=O)CCC(=O)[N+]2(C=O)CCC[C@H]2C)cc1. The molecule has 0 aliphatic carbocycles. The first-order chi connectivity index (χ1) is 11.0. The molecule has 2 rings (SSSR count). The van der Waals surface area contributed by atoms with Gasteiger partial charge in [-0.3, -0.25) is 4.79 Å². The average molecular weight is 317 g/mol. The number of benzene rings is 1. The molecule has 3 amide bonds. The first-order valence-corrected chi connectivity index (χ1v) is 8.17. The van der Waals surface area contributed by atoms with Crippen LogP contribution >= 0.6 is 0 Å². The van der Waals surface area contributed by atoms with E-state index in [1.54, 1.807) is 0 Å². The summed E-state index contributed by atoms with van der Waals surface area (Å²) in [5.41, 5.74) is 2.20. The highest BCUT2D eigenvalue weighted by Crippen LogP contribution is 2.26. The molecule has 1 heterocycles. The first kappa shape index (κ1) is 17.3. The highest BCUT2D eigenvalue weighted by Gasteiger charge is 2.45. The summed E-state index contributed by atoms with van der Waals surface area (Å²) in [6.07, 6.45) is 2.76. The van der Waals surface area contributed by atoms with Crippen LogP contribution in [0.15, 0.2) is 24.3 Å². The molecular weight excluding hydrogens is 292 g/mol. The van der Waals surface area contributed by atoms with Gasteiger partial charge in [-0.15, -0.1) is 0 Å². The molecule has 0 aromatic heterocycles. The van der Waals surface area contributed by atoms with Crippen molar-refractivity contribution >= 4 is 18.2 Å². The number of carbonyl (C=O) groups excluding carboxylic acids is 3. The lowest BCUT2D eigenvalue weighted by atomic mass is 10.1. The quantitative estimate of drug-likeness (QED) is 0.645. The van der Waals surface area contributed by atoms with Gasteiger partial charge >= 0.3 is 12.3 Å². The van der Waals surface area contributed by atoms with E-state index in [1.807, 2.05) is 38.1 Å². The standard InChI is InChI=1S/C18H24N2O3/c1-14-5-7-16(8-6-14)12-19-17(22)9-10-18(23)20(13-21)11-3-4-15(20)2/h5-8,13,15H,3-4,9-12H2,1-2H3/p+1/t15-,20?/m1/s1. The van der Waals surface area contributed by atoms with E-state index in [9.17, 15) is 14.4 Å². The zero-order valence-corrected chi connectivity index (χ0v) is 13.9. The summed E-state index contributed by atoms with van der Waals surface area (Å²) in [5, 5.41) is 2.82. The third-order valence-corrected chi connectivity index (χ3v) is 4.77. The summed E-state index contributed by atoms with van der Waals surface area (Å²) in [4.78, 5) is 35.7. The third kappa shape index (κ3) is 4.05. The van der Waals surface area contributed by atoms with Gasteiger partial charge in [0.1, 0.15) is 6.04 Å². The van der Waals surface area contributed by atoms with E-state index in [-0.39, 0.29) is 35.2 Å². The van der Waals surface area contributed by atoms with E-state index < -0.39 is 0 Å². The van der Waals surface area contributed by atoms with Crippen LogP contribution in [0.1, 0.15) is 43.7 Å². The number of rotatable bonds is 6. The number of quaternary nitrogens is 1. The van der Waals surface area contributed by atoms with E-state index in [4.69, 9.17) is 0 Å². The number of nitrogens with one attached hydrogen (secondary N) is 1. The van der Waals surface area contributed by atoms with E-state index in [1.165, 1.54) is 5.56 Å². The molecule has 1 aromatic rings. The van der Waals surface area contributed by atoms with Crippen molar-refractivity contribution in [2.24, 2.45) is 0 Å². The molecule has 0 bridgehead atoms. The van der Waals surface area contributed by atoms with Gasteiger partial charge in [-0.25, -0.2) is 9.59 Å². The number of hydrogen-bond donors (Lipinski definition) is 1. The summed E-state index contributed by atoms with van der Waals surface area (Å²) in [6, 6.07) is 7.96. The van der Waals surface area contributed by atoms with Gasteiger partial charge in [0, 0.05) is 25.8 Å². The molecule has 0 saturated carbocycles. The molecule has 124 valence electrons. The van der Waals surface area contributed by atoms with Crippen LogP contribution in [-0.2, 0) is 20.9 Å². The fourth-order valence-electron chi connectivity index (χ4n) is 3.11. The molecule has 0 radical (unpaired) electrons. The highest BCUT2D eigenvalue weighted by atomic mass is 16.2. The van der Waals surface area contributed by atoms with Crippen molar-refractivity contribution in [3.8, 4) is 0 Å². The van der Waals surface area contributed by atoms with Gasteiger partial charge in [0.05, 0.1) is 13.0 Å².